The number of nitrogens with zero attached hydrogens (tertiary/aromatic N) is 1. The fourth-order valence-electron chi connectivity index (χ4n) is 2.93. The van der Waals surface area contributed by atoms with Gasteiger partial charge in [0.2, 0.25) is 5.91 Å². The van der Waals surface area contributed by atoms with E-state index in [2.05, 4.69) is 0 Å². The third-order valence-electron chi connectivity index (χ3n) is 4.42. The molecule has 0 spiro atoms. The zero-order valence-electron chi connectivity index (χ0n) is 12.9. The lowest BCUT2D eigenvalue weighted by Gasteiger charge is -2.32. The van der Waals surface area contributed by atoms with Crippen LogP contribution < -0.4 is 5.73 Å². The summed E-state index contributed by atoms with van der Waals surface area (Å²) in [7, 11) is 1.70. The van der Waals surface area contributed by atoms with Crippen molar-refractivity contribution in [3.8, 4) is 0 Å². The van der Waals surface area contributed by atoms with E-state index in [1.54, 1.807) is 11.9 Å². The van der Waals surface area contributed by atoms with E-state index in [9.17, 15) is 13.6 Å². The Morgan fingerprint density at radius 2 is 2.00 bits per heavy atom. The summed E-state index contributed by atoms with van der Waals surface area (Å²) in [6.45, 7) is 1.81. The van der Waals surface area contributed by atoms with Crippen molar-refractivity contribution >= 4 is 18.3 Å². The van der Waals surface area contributed by atoms with Gasteiger partial charge in [-0.3, -0.25) is 4.79 Å². The van der Waals surface area contributed by atoms with Gasteiger partial charge in [0.1, 0.15) is 0 Å². The number of benzene rings is 1. The number of amides is 1. The molecule has 0 aromatic heterocycles. The van der Waals surface area contributed by atoms with E-state index in [-0.39, 0.29) is 36.3 Å². The van der Waals surface area contributed by atoms with Crippen LogP contribution in [0.2, 0.25) is 0 Å². The topological polar surface area (TPSA) is 46.3 Å². The Labute approximate surface area is 136 Å². The maximum atomic E-state index is 13.3. The number of hydrogen-bond donors (Lipinski definition) is 1. The second-order valence-corrected chi connectivity index (χ2v) is 5.92. The van der Waals surface area contributed by atoms with Gasteiger partial charge in [0.15, 0.2) is 11.6 Å². The minimum Gasteiger partial charge on any atom is -0.339 e. The third-order valence-corrected chi connectivity index (χ3v) is 4.42. The van der Waals surface area contributed by atoms with Crippen molar-refractivity contribution < 1.29 is 13.6 Å². The van der Waals surface area contributed by atoms with Gasteiger partial charge in [-0.25, -0.2) is 8.78 Å². The molecule has 0 bridgehead atoms. The summed E-state index contributed by atoms with van der Waals surface area (Å²) in [5.74, 6) is -1.80. The molecule has 1 aromatic rings. The van der Waals surface area contributed by atoms with Crippen LogP contribution in [0.25, 0.3) is 0 Å². The molecule has 1 saturated carbocycles. The van der Waals surface area contributed by atoms with Crippen molar-refractivity contribution in [2.24, 2.45) is 11.7 Å². The molecule has 1 amide bonds. The third kappa shape index (κ3) is 4.17. The number of hydrogen-bond acceptors (Lipinski definition) is 2. The Morgan fingerprint density at radius 1 is 1.32 bits per heavy atom. The molecule has 124 valence electrons. The molecule has 3 nitrogen and oxygen atoms in total. The van der Waals surface area contributed by atoms with Crippen molar-refractivity contribution in [3.05, 3.63) is 35.4 Å². The van der Waals surface area contributed by atoms with Crippen LogP contribution in [0.3, 0.4) is 0 Å². The summed E-state index contributed by atoms with van der Waals surface area (Å²) < 4.78 is 26.3. The van der Waals surface area contributed by atoms with Crippen LogP contribution in [-0.4, -0.2) is 23.9 Å². The van der Waals surface area contributed by atoms with Gasteiger partial charge in [0, 0.05) is 19.0 Å². The number of carbonyl (C=O) groups is 1. The van der Waals surface area contributed by atoms with Gasteiger partial charge in [-0.15, -0.1) is 12.4 Å². The largest absolute Gasteiger partial charge is 0.339 e. The smallest absolute Gasteiger partial charge is 0.225 e. The molecule has 3 unspecified atom stereocenters. The zero-order chi connectivity index (χ0) is 15.6. The standard InChI is InChI=1S/C16H22F2N2O.ClH/c1-10(11-6-7-14(17)15(18)9-11)20(2)16(21)12-4-3-5-13(19)8-12;/h6-7,9-10,12-13H,3-5,8,19H2,1-2H3;1H. The molecule has 3 atom stereocenters. The molecular weight excluding hydrogens is 310 g/mol. The number of halogens is 3. The van der Waals surface area contributed by atoms with Crippen LogP contribution in [0, 0.1) is 17.6 Å². The summed E-state index contributed by atoms with van der Waals surface area (Å²) in [4.78, 5) is 14.1. The van der Waals surface area contributed by atoms with Gasteiger partial charge in [-0.2, -0.15) is 0 Å². The fourth-order valence-corrected chi connectivity index (χ4v) is 2.93. The first-order chi connectivity index (χ1) is 9.90. The van der Waals surface area contributed by atoms with Crippen molar-refractivity contribution in [1.82, 2.24) is 4.90 Å². The Hall–Kier alpha value is -1.20. The van der Waals surface area contributed by atoms with Crippen molar-refractivity contribution in [1.29, 1.82) is 0 Å². The minimum absolute atomic E-state index is 0. The second-order valence-electron chi connectivity index (χ2n) is 5.92. The Bertz CT molecular complexity index is 527. The molecule has 1 aliphatic carbocycles. The molecule has 0 aliphatic heterocycles. The lowest BCUT2D eigenvalue weighted by Crippen LogP contribution is -2.39. The molecule has 22 heavy (non-hydrogen) atoms. The SMILES string of the molecule is CC(c1ccc(F)c(F)c1)N(C)C(=O)C1CCCC(N)C1.Cl. The van der Waals surface area contributed by atoms with E-state index >= 15 is 0 Å². The van der Waals surface area contributed by atoms with Gasteiger partial charge < -0.3 is 10.6 Å². The maximum Gasteiger partial charge on any atom is 0.225 e. The van der Waals surface area contributed by atoms with E-state index in [4.69, 9.17) is 5.73 Å². The lowest BCUT2D eigenvalue weighted by atomic mass is 9.85. The molecule has 2 N–H and O–H groups in total. The molecule has 2 rings (SSSR count). The number of nitrogens with two attached hydrogens (primary N) is 1. The fraction of sp³-hybridized carbons (Fsp3) is 0.562. The summed E-state index contributed by atoms with van der Waals surface area (Å²) >= 11 is 0. The van der Waals surface area contributed by atoms with E-state index in [1.165, 1.54) is 6.07 Å². The van der Waals surface area contributed by atoms with Crippen molar-refractivity contribution in [2.75, 3.05) is 7.05 Å². The number of carbonyl (C=O) groups excluding carboxylic acids is 1. The molecule has 0 saturated heterocycles. The lowest BCUT2D eigenvalue weighted by molar-refractivity contribution is -0.137. The Morgan fingerprint density at radius 3 is 2.59 bits per heavy atom. The van der Waals surface area contributed by atoms with Gasteiger partial charge in [0.25, 0.3) is 0 Å². The molecule has 1 aliphatic rings. The molecule has 1 fully saturated rings. The highest BCUT2D eigenvalue weighted by Crippen LogP contribution is 2.28. The normalized spacial score (nSPS) is 22.6. The van der Waals surface area contributed by atoms with Crippen molar-refractivity contribution in [2.45, 2.75) is 44.7 Å². The molecular formula is C16H23ClF2N2O. The van der Waals surface area contributed by atoms with Crippen LogP contribution in [0.15, 0.2) is 18.2 Å². The van der Waals surface area contributed by atoms with Crippen LogP contribution in [-0.2, 0) is 4.79 Å². The van der Waals surface area contributed by atoms with Crippen molar-refractivity contribution in [3.63, 3.8) is 0 Å². The van der Waals surface area contributed by atoms with E-state index in [0.717, 1.165) is 31.4 Å². The molecule has 1 aromatic carbocycles. The minimum atomic E-state index is -0.889. The summed E-state index contributed by atoms with van der Waals surface area (Å²) in [5, 5.41) is 0. The van der Waals surface area contributed by atoms with Gasteiger partial charge in [-0.05, 0) is 43.9 Å². The first kappa shape index (κ1) is 18.8. The zero-order valence-corrected chi connectivity index (χ0v) is 13.7. The average Bonchev–Trinajstić information content (AvgIpc) is 2.47. The summed E-state index contributed by atoms with van der Waals surface area (Å²) in [6, 6.07) is 3.54. The predicted octanol–water partition coefficient (Wildman–Crippen LogP) is 3.42. The van der Waals surface area contributed by atoms with Gasteiger partial charge in [0.05, 0.1) is 6.04 Å². The Kier molecular flexibility index (Phi) is 6.75. The van der Waals surface area contributed by atoms with Crippen LogP contribution in [0.5, 0.6) is 0 Å². The summed E-state index contributed by atoms with van der Waals surface area (Å²) in [6.07, 6.45) is 3.48. The average molecular weight is 333 g/mol. The van der Waals surface area contributed by atoms with Gasteiger partial charge >= 0.3 is 0 Å². The highest BCUT2D eigenvalue weighted by Gasteiger charge is 2.29. The first-order valence-electron chi connectivity index (χ1n) is 7.37. The highest BCUT2D eigenvalue weighted by molar-refractivity contribution is 5.85. The van der Waals surface area contributed by atoms with Crippen LogP contribution >= 0.6 is 12.4 Å². The number of rotatable bonds is 3. The highest BCUT2D eigenvalue weighted by atomic mass is 35.5. The summed E-state index contributed by atoms with van der Waals surface area (Å²) in [5.41, 5.74) is 6.51. The molecule has 0 radical (unpaired) electrons. The molecule has 6 heteroatoms. The molecule has 0 heterocycles. The van der Waals surface area contributed by atoms with Crippen LogP contribution in [0.4, 0.5) is 8.78 Å². The van der Waals surface area contributed by atoms with E-state index < -0.39 is 11.6 Å². The quantitative estimate of drug-likeness (QED) is 0.921. The first-order valence-corrected chi connectivity index (χ1v) is 7.37. The van der Waals surface area contributed by atoms with Gasteiger partial charge in [-0.1, -0.05) is 12.5 Å². The van der Waals surface area contributed by atoms with E-state index in [1.807, 2.05) is 6.92 Å². The monoisotopic (exact) mass is 332 g/mol. The van der Waals surface area contributed by atoms with Crippen LogP contribution in [0.1, 0.15) is 44.2 Å². The van der Waals surface area contributed by atoms with E-state index in [0.29, 0.717) is 12.0 Å². The Balaban J connectivity index is 0.00000242. The predicted molar refractivity (Wildman–Crippen MR) is 84.7 cm³/mol. The second kappa shape index (κ2) is 7.88. The maximum absolute atomic E-state index is 13.3.